The minimum atomic E-state index is 0.320. The number of hydrogen-bond donors (Lipinski definition) is 1. The Kier molecular flexibility index (Phi) is 6.69. The van der Waals surface area contributed by atoms with Gasteiger partial charge in [-0.1, -0.05) is 40.5 Å². The van der Waals surface area contributed by atoms with Crippen LogP contribution in [0.25, 0.3) is 0 Å². The van der Waals surface area contributed by atoms with Crippen LogP contribution in [0, 0.1) is 0 Å². The van der Waals surface area contributed by atoms with E-state index in [2.05, 4.69) is 57.0 Å². The van der Waals surface area contributed by atoms with Crippen molar-refractivity contribution in [2.45, 2.75) is 24.6 Å². The molecule has 1 fully saturated rings. The maximum Gasteiger partial charge on any atom is 0.0465 e. The molecule has 0 spiro atoms. The highest BCUT2D eigenvalue weighted by Crippen LogP contribution is 2.28. The highest BCUT2D eigenvalue weighted by Gasteiger charge is 2.19. The second kappa shape index (κ2) is 8.04. The zero-order chi connectivity index (χ0) is 14.5. The molecule has 0 aliphatic carbocycles. The molecule has 1 aromatic carbocycles. The van der Waals surface area contributed by atoms with Gasteiger partial charge in [0.25, 0.3) is 0 Å². The van der Waals surface area contributed by atoms with Crippen molar-refractivity contribution in [3.8, 4) is 0 Å². The first-order valence-corrected chi connectivity index (χ1v) is 9.28. The number of rotatable bonds is 5. The largest absolute Gasteiger partial charge is 0.313 e. The van der Waals surface area contributed by atoms with Crippen molar-refractivity contribution in [1.29, 1.82) is 0 Å². The molecule has 1 N–H and O–H groups in total. The van der Waals surface area contributed by atoms with Crippen LogP contribution in [0.3, 0.4) is 0 Å². The Labute approximate surface area is 139 Å². The average molecular weight is 378 g/mol. The molecule has 2 atom stereocenters. The molecule has 0 bridgehead atoms. The van der Waals surface area contributed by atoms with E-state index in [9.17, 15) is 0 Å². The summed E-state index contributed by atoms with van der Waals surface area (Å²) in [4.78, 5) is 2.57. The van der Waals surface area contributed by atoms with E-state index in [1.165, 1.54) is 24.4 Å². The fraction of sp³-hybridized carbons (Fsp3) is 0.600. The van der Waals surface area contributed by atoms with Gasteiger partial charge in [0, 0.05) is 46.2 Å². The van der Waals surface area contributed by atoms with Crippen molar-refractivity contribution in [1.82, 2.24) is 10.2 Å². The lowest BCUT2D eigenvalue weighted by molar-refractivity contribution is 0.269. The quantitative estimate of drug-likeness (QED) is 0.828. The molecule has 1 saturated heterocycles. The molecule has 2 rings (SSSR count). The third kappa shape index (κ3) is 4.63. The van der Waals surface area contributed by atoms with Gasteiger partial charge in [-0.2, -0.15) is 11.8 Å². The molecule has 1 aromatic rings. The Hall–Kier alpha value is 0.260. The van der Waals surface area contributed by atoms with Gasteiger partial charge < -0.3 is 10.2 Å². The van der Waals surface area contributed by atoms with Crippen LogP contribution in [-0.4, -0.2) is 42.6 Å². The maximum absolute atomic E-state index is 6.36. The Morgan fingerprint density at radius 1 is 1.55 bits per heavy atom. The topological polar surface area (TPSA) is 15.3 Å². The normalized spacial score (nSPS) is 21.9. The molecule has 0 saturated carbocycles. The van der Waals surface area contributed by atoms with Gasteiger partial charge in [0.05, 0.1) is 0 Å². The third-order valence-corrected chi connectivity index (χ3v) is 5.70. The number of benzene rings is 1. The highest BCUT2D eigenvalue weighted by atomic mass is 79.9. The van der Waals surface area contributed by atoms with Gasteiger partial charge in [-0.25, -0.2) is 0 Å². The first-order chi connectivity index (χ1) is 9.60. The average Bonchev–Trinajstić information content (AvgIpc) is 2.41. The summed E-state index contributed by atoms with van der Waals surface area (Å²) in [5.74, 6) is 1.25. The summed E-state index contributed by atoms with van der Waals surface area (Å²) < 4.78 is 1.03. The summed E-state index contributed by atoms with van der Waals surface area (Å²) in [5.41, 5.74) is 1.19. The minimum absolute atomic E-state index is 0.320. The summed E-state index contributed by atoms with van der Waals surface area (Å²) >= 11 is 11.9. The van der Waals surface area contributed by atoms with Crippen molar-refractivity contribution in [2.75, 3.05) is 32.4 Å². The van der Waals surface area contributed by atoms with Crippen molar-refractivity contribution in [3.05, 3.63) is 33.3 Å². The van der Waals surface area contributed by atoms with Crippen molar-refractivity contribution < 1.29 is 0 Å². The van der Waals surface area contributed by atoms with Gasteiger partial charge in [0.2, 0.25) is 0 Å². The predicted molar refractivity (Wildman–Crippen MR) is 93.9 cm³/mol. The number of nitrogens with one attached hydrogen (secondary N) is 1. The molecular weight excluding hydrogens is 356 g/mol. The molecule has 20 heavy (non-hydrogen) atoms. The van der Waals surface area contributed by atoms with E-state index in [1.54, 1.807) is 0 Å². The van der Waals surface area contributed by atoms with Gasteiger partial charge in [-0.05, 0) is 31.2 Å². The zero-order valence-corrected chi connectivity index (χ0v) is 15.2. The molecule has 0 amide bonds. The van der Waals surface area contributed by atoms with Gasteiger partial charge in [-0.15, -0.1) is 0 Å². The van der Waals surface area contributed by atoms with E-state index in [-0.39, 0.29) is 0 Å². The molecule has 1 heterocycles. The summed E-state index contributed by atoms with van der Waals surface area (Å²) in [6.07, 6.45) is 1.09. The smallest absolute Gasteiger partial charge is 0.0465 e. The molecule has 2 nitrogen and oxygen atoms in total. The van der Waals surface area contributed by atoms with Crippen LogP contribution in [0.2, 0.25) is 5.02 Å². The van der Waals surface area contributed by atoms with Crippen molar-refractivity contribution in [2.24, 2.45) is 0 Å². The van der Waals surface area contributed by atoms with E-state index >= 15 is 0 Å². The summed E-state index contributed by atoms with van der Waals surface area (Å²) in [6.45, 7) is 5.86. The summed E-state index contributed by atoms with van der Waals surface area (Å²) in [5, 5.41) is 4.99. The van der Waals surface area contributed by atoms with Crippen LogP contribution in [-0.2, 0) is 0 Å². The SMILES string of the molecule is CNC(CCN1CCSC(C)C1)c1ccc(Br)cc1Cl. The van der Waals surface area contributed by atoms with Crippen LogP contribution in [0.5, 0.6) is 0 Å². The van der Waals surface area contributed by atoms with Crippen LogP contribution in [0.15, 0.2) is 22.7 Å². The lowest BCUT2D eigenvalue weighted by Crippen LogP contribution is -2.38. The Bertz CT molecular complexity index is 444. The van der Waals surface area contributed by atoms with Crippen LogP contribution >= 0.6 is 39.3 Å². The first kappa shape index (κ1) is 16.6. The Morgan fingerprint density at radius 2 is 2.35 bits per heavy atom. The molecule has 1 aliphatic heterocycles. The molecular formula is C15H22BrClN2S. The van der Waals surface area contributed by atoms with E-state index in [4.69, 9.17) is 11.6 Å². The third-order valence-electron chi connectivity index (χ3n) is 3.75. The number of halogens is 2. The lowest BCUT2D eigenvalue weighted by Gasteiger charge is -2.31. The monoisotopic (exact) mass is 376 g/mol. The second-order valence-corrected chi connectivity index (χ2v) is 8.15. The molecule has 2 unspecified atom stereocenters. The van der Waals surface area contributed by atoms with Crippen molar-refractivity contribution >= 4 is 39.3 Å². The molecule has 0 radical (unpaired) electrons. The summed E-state index contributed by atoms with van der Waals surface area (Å²) in [6, 6.07) is 6.47. The Morgan fingerprint density at radius 3 is 3.00 bits per heavy atom. The Balaban J connectivity index is 1.94. The van der Waals surface area contributed by atoms with E-state index in [1.807, 2.05) is 13.1 Å². The van der Waals surface area contributed by atoms with Crippen LogP contribution < -0.4 is 5.32 Å². The fourth-order valence-electron chi connectivity index (χ4n) is 2.64. The number of thioether (sulfide) groups is 1. The van der Waals surface area contributed by atoms with E-state index in [0.29, 0.717) is 6.04 Å². The lowest BCUT2D eigenvalue weighted by atomic mass is 10.0. The zero-order valence-electron chi connectivity index (χ0n) is 12.0. The van der Waals surface area contributed by atoms with Gasteiger partial charge in [-0.3, -0.25) is 0 Å². The molecule has 0 aromatic heterocycles. The standard InChI is InChI=1S/C15H22BrClN2S/c1-11-10-19(7-8-20-11)6-5-15(18-2)13-4-3-12(16)9-14(13)17/h3-4,9,11,15,18H,5-8,10H2,1-2H3. The molecule has 112 valence electrons. The minimum Gasteiger partial charge on any atom is -0.313 e. The van der Waals surface area contributed by atoms with Crippen molar-refractivity contribution in [3.63, 3.8) is 0 Å². The van der Waals surface area contributed by atoms with Gasteiger partial charge >= 0.3 is 0 Å². The van der Waals surface area contributed by atoms with Gasteiger partial charge in [0.1, 0.15) is 0 Å². The van der Waals surface area contributed by atoms with Gasteiger partial charge in [0.15, 0.2) is 0 Å². The van der Waals surface area contributed by atoms with Crippen LogP contribution in [0.1, 0.15) is 24.9 Å². The highest BCUT2D eigenvalue weighted by molar-refractivity contribution is 9.10. The number of nitrogens with zero attached hydrogens (tertiary/aromatic N) is 1. The van der Waals surface area contributed by atoms with E-state index in [0.717, 1.165) is 27.7 Å². The second-order valence-electron chi connectivity index (χ2n) is 5.28. The molecule has 5 heteroatoms. The summed E-state index contributed by atoms with van der Waals surface area (Å²) in [7, 11) is 2.01. The molecule has 1 aliphatic rings. The number of hydrogen-bond acceptors (Lipinski definition) is 3. The maximum atomic E-state index is 6.36. The predicted octanol–water partition coefficient (Wildman–Crippen LogP) is 4.19. The van der Waals surface area contributed by atoms with Crippen LogP contribution in [0.4, 0.5) is 0 Å². The first-order valence-electron chi connectivity index (χ1n) is 7.06. The van der Waals surface area contributed by atoms with E-state index < -0.39 is 0 Å². The fourth-order valence-corrected chi connectivity index (χ4v) is 4.53.